The topological polar surface area (TPSA) is 39.3 Å². The van der Waals surface area contributed by atoms with Crippen molar-refractivity contribution in [3.8, 4) is 0 Å². The van der Waals surface area contributed by atoms with E-state index in [2.05, 4.69) is 56.0 Å². The van der Waals surface area contributed by atoms with E-state index in [9.17, 15) is 4.79 Å². The normalized spacial score (nSPS) is 15.2. The third-order valence-electron chi connectivity index (χ3n) is 6.97. The van der Waals surface area contributed by atoms with Gasteiger partial charge in [0.1, 0.15) is 5.60 Å². The largest absolute Gasteiger partial charge is 0.459 e. The van der Waals surface area contributed by atoms with Gasteiger partial charge in [0, 0.05) is 226 Å². The number of carbonyl (C=O) groups is 1. The summed E-state index contributed by atoms with van der Waals surface area (Å²) < 4.78 is 5.69. The number of hydrogen-bond donors (Lipinski definition) is 0. The molecule has 1 heterocycles. The minimum absolute atomic E-state index is 0. The fraction of sp³-hybridized carbons (Fsp3) is 0.457. The maximum Gasteiger partial charge on any atom is 0.320 e. The summed E-state index contributed by atoms with van der Waals surface area (Å²) >= 11 is 0. The van der Waals surface area contributed by atoms with Crippen LogP contribution in [0.3, 0.4) is 0 Å². The van der Waals surface area contributed by atoms with Crippen molar-refractivity contribution in [2.45, 2.75) is 46.0 Å². The zero-order chi connectivity index (χ0) is 28.9. The van der Waals surface area contributed by atoms with Crippen LogP contribution >= 0.6 is 0 Å². The van der Waals surface area contributed by atoms with Gasteiger partial charge in [0.15, 0.2) is 0 Å². The van der Waals surface area contributed by atoms with Crippen LogP contribution in [0.15, 0.2) is 54.6 Å². The van der Waals surface area contributed by atoms with E-state index < -0.39 is 5.60 Å². The van der Waals surface area contributed by atoms with Crippen LogP contribution in [-0.4, -0.2) is 90.1 Å². The average molecular weight is 1610 g/mol. The maximum atomic E-state index is 12.8. The van der Waals surface area contributed by atoms with E-state index in [1.807, 2.05) is 75.4 Å². The molecule has 3 radical (unpaired) electrons. The molecule has 277 valence electrons. The first-order valence-electron chi connectivity index (χ1n) is 14.6. The Morgan fingerprint density at radius 3 is 1.06 bits per heavy atom. The Balaban J connectivity index is -0.00000323. The third-order valence-corrected chi connectivity index (χ3v) is 6.97. The molecule has 0 aromatic heterocycles. The van der Waals surface area contributed by atoms with Crippen LogP contribution in [0.4, 0.5) is 0 Å². The molecule has 1 saturated heterocycles. The van der Waals surface area contributed by atoms with E-state index in [1.54, 1.807) is 0 Å². The van der Waals surface area contributed by atoms with Crippen molar-refractivity contribution in [1.29, 1.82) is 0 Å². The van der Waals surface area contributed by atoms with Gasteiger partial charge in [0.2, 0.25) is 0 Å². The number of nitrogens with zero attached hydrogens (tertiary/aromatic N) is 4. The van der Waals surface area contributed by atoms with Crippen LogP contribution in [0.2, 0.25) is 0 Å². The Hall–Kier alpha value is 2.70. The van der Waals surface area contributed by atoms with Crippen LogP contribution in [0.5, 0.6) is 0 Å². The van der Waals surface area contributed by atoms with Crippen LogP contribution in [0.1, 0.15) is 37.5 Å². The number of benzene rings is 3. The van der Waals surface area contributed by atoms with Crippen molar-refractivity contribution in [1.82, 2.24) is 19.6 Å². The van der Waals surface area contributed by atoms with Crippen LogP contribution < -0.4 is 0 Å². The van der Waals surface area contributed by atoms with Crippen LogP contribution in [-0.2, 0) is 90.4 Å². The molecule has 0 amide bonds. The van der Waals surface area contributed by atoms with Crippen molar-refractivity contribution < 1.29 is 183 Å². The van der Waals surface area contributed by atoms with Gasteiger partial charge in [-0.25, -0.2) is 0 Å². The van der Waals surface area contributed by atoms with E-state index in [0.29, 0.717) is 0 Å². The molecule has 4 rings (SSSR count). The minimum Gasteiger partial charge on any atom is -0.459 e. The van der Waals surface area contributed by atoms with Crippen molar-refractivity contribution in [3.63, 3.8) is 0 Å². The van der Waals surface area contributed by atoms with E-state index >= 15 is 0 Å². The van der Waals surface area contributed by atoms with Gasteiger partial charge in [-0.3, -0.25) is 81.0 Å². The second kappa shape index (κ2) is 30.1. The molecule has 0 atom stereocenters. The molecule has 12 heteroatoms. The monoisotopic (exact) mass is 1610 g/mol. The molecule has 0 saturated carbocycles. The summed E-state index contributed by atoms with van der Waals surface area (Å²) in [4.78, 5) is 22.5. The second-order valence-corrected chi connectivity index (χ2v) is 11.6. The van der Waals surface area contributed by atoms with E-state index in [4.69, 9.17) is 4.74 Å². The summed E-state index contributed by atoms with van der Waals surface area (Å²) in [5.74, 6) is -0.182. The number of esters is 1. The first-order valence-corrected chi connectivity index (χ1v) is 14.6. The van der Waals surface area contributed by atoms with E-state index in [-0.39, 0.29) is 186 Å². The SMILES string of the molecule is CC(C)(C)OC(=O)CN1CCN(Cc2[c-]ccc[c-]2)CCN(Cc2[c-]ccc[c-]2)CCN(Cc2[c-]ccc[c-]2)CC1.[Er].[Er].[Er].[Re].[Re].[Re]. The Morgan fingerprint density at radius 1 is 0.553 bits per heavy atom. The van der Waals surface area contributed by atoms with Gasteiger partial charge in [0.25, 0.3) is 0 Å². The molecule has 0 aliphatic carbocycles. The van der Waals surface area contributed by atoms with Gasteiger partial charge in [-0.15, -0.1) is 0 Å². The van der Waals surface area contributed by atoms with Gasteiger partial charge in [-0.1, -0.05) is 0 Å². The molecule has 3 aromatic rings. The number of ether oxygens (including phenoxy) is 1. The molecule has 1 fully saturated rings. The van der Waals surface area contributed by atoms with Gasteiger partial charge in [-0.2, -0.15) is 0 Å². The van der Waals surface area contributed by atoms with Gasteiger partial charge in [-0.05, 0) is 40.4 Å². The summed E-state index contributed by atoms with van der Waals surface area (Å²) in [5, 5.41) is 0. The summed E-state index contributed by atoms with van der Waals surface area (Å²) in [7, 11) is 0. The van der Waals surface area contributed by atoms with Crippen molar-refractivity contribution in [3.05, 3.63) is 108 Å². The Kier molecular flexibility index (Phi) is 34.6. The zero-order valence-corrected chi connectivity index (χ0v) is 40.5. The standard InChI is InChI=1S/C35H42N4O2.3Er.3Re/c1-35(2,3)41-34(40)30-39-25-23-37(28-32-15-9-5-10-16-32)21-19-36(27-31-13-7-4-8-14-31)20-22-38(24-26-39)29-33-17-11-6-12-18-33;;;;;;/h4-12H,19-30H2,1-3H3;;;;;;/q-6;;;;;;. The summed E-state index contributed by atoms with van der Waals surface area (Å²) in [5.41, 5.74) is 2.68. The Bertz CT molecular complexity index is 1130. The van der Waals surface area contributed by atoms with Gasteiger partial charge >= 0.3 is 5.97 Å². The Morgan fingerprint density at radius 2 is 0.809 bits per heavy atom. The average Bonchev–Trinajstić information content (AvgIpc) is 2.95. The molecule has 0 N–H and O–H groups in total. The molecule has 1 aliphatic heterocycles. The van der Waals surface area contributed by atoms with E-state index in [1.165, 1.54) is 0 Å². The fourth-order valence-electron chi connectivity index (χ4n) is 4.87. The first kappa shape index (κ1) is 54.0. The summed E-state index contributed by atoms with van der Waals surface area (Å²) in [6.45, 7) is 15.2. The Labute approximate surface area is 414 Å². The maximum absolute atomic E-state index is 12.8. The third kappa shape index (κ3) is 23.2. The summed E-state index contributed by atoms with van der Waals surface area (Å²) in [6, 6.07) is 37.6. The van der Waals surface area contributed by atoms with Gasteiger partial charge < -0.3 is 55.8 Å². The smallest absolute Gasteiger partial charge is 0.320 e. The molecule has 1 aliphatic rings. The number of rotatable bonds is 8. The number of hydrogen-bond acceptors (Lipinski definition) is 6. The molecule has 47 heavy (non-hydrogen) atoms. The van der Waals surface area contributed by atoms with Crippen molar-refractivity contribution in [2.24, 2.45) is 0 Å². The summed E-state index contributed by atoms with van der Waals surface area (Å²) in [6.07, 6.45) is 0. The predicted octanol–water partition coefficient (Wildman–Crippen LogP) is 3.94. The quantitative estimate of drug-likeness (QED) is 0.252. The molecule has 0 unspecified atom stereocenters. The molecule has 6 nitrogen and oxygen atoms in total. The van der Waals surface area contributed by atoms with Crippen LogP contribution in [0.25, 0.3) is 0 Å². The molecule has 0 bridgehead atoms. The van der Waals surface area contributed by atoms with Gasteiger partial charge in [0.05, 0.1) is 6.54 Å². The molecule has 0 spiro atoms. The first-order chi connectivity index (χ1) is 19.8. The zero-order valence-electron chi connectivity index (χ0n) is 26.8. The predicted molar refractivity (Wildman–Crippen MR) is 160 cm³/mol. The van der Waals surface area contributed by atoms with Crippen molar-refractivity contribution >= 4 is 5.97 Å². The molecular formula is C35H42Er3N4O2Re3-6. The molecule has 3 aromatic carbocycles. The van der Waals surface area contributed by atoms with Crippen molar-refractivity contribution in [2.75, 3.05) is 58.9 Å². The number of carbonyl (C=O) groups excluding carboxylic acids is 1. The van der Waals surface area contributed by atoms with E-state index in [0.717, 1.165) is 88.7 Å². The minimum atomic E-state index is -0.503. The van der Waals surface area contributed by atoms with Crippen LogP contribution in [0, 0.1) is 148 Å². The fourth-order valence-corrected chi connectivity index (χ4v) is 4.87. The molecular weight excluding hydrogens is 1570 g/mol. The second-order valence-electron chi connectivity index (χ2n) is 11.6.